The van der Waals surface area contributed by atoms with E-state index in [0.717, 1.165) is 24.2 Å². The van der Waals surface area contributed by atoms with Gasteiger partial charge in [-0.25, -0.2) is 0 Å². The molecular weight excluding hydrogens is 224 g/mol. The molecule has 4 fully saturated rings. The standard InChI is InChI=1S/C15H22N2O/c16-2-1-13-9-18-17-14(13)15-6-10-3-11(7-15)5-12(4-10)8-15/h9-12H,1-8,16H2. The van der Waals surface area contributed by atoms with E-state index < -0.39 is 0 Å². The minimum absolute atomic E-state index is 0.353. The lowest BCUT2D eigenvalue weighted by Gasteiger charge is -2.56. The number of hydrogen-bond acceptors (Lipinski definition) is 3. The predicted octanol–water partition coefficient (Wildman–Crippen LogP) is 2.64. The molecule has 3 heteroatoms. The van der Waals surface area contributed by atoms with Gasteiger partial charge < -0.3 is 10.3 Å². The average Bonchev–Trinajstić information content (AvgIpc) is 2.76. The van der Waals surface area contributed by atoms with Crippen molar-refractivity contribution in [3.8, 4) is 0 Å². The fraction of sp³-hybridized carbons (Fsp3) is 0.800. The predicted molar refractivity (Wildman–Crippen MR) is 69.1 cm³/mol. The van der Waals surface area contributed by atoms with Crippen molar-refractivity contribution in [2.75, 3.05) is 6.54 Å². The molecule has 1 aromatic rings. The molecule has 0 saturated heterocycles. The zero-order valence-electron chi connectivity index (χ0n) is 10.9. The van der Waals surface area contributed by atoms with Gasteiger partial charge in [0, 0.05) is 11.0 Å². The summed E-state index contributed by atoms with van der Waals surface area (Å²) in [6.07, 6.45) is 11.2. The van der Waals surface area contributed by atoms with Crippen molar-refractivity contribution in [1.82, 2.24) is 5.16 Å². The highest BCUT2D eigenvalue weighted by molar-refractivity contribution is 5.28. The van der Waals surface area contributed by atoms with Gasteiger partial charge in [-0.05, 0) is 69.2 Å². The molecule has 2 N–H and O–H groups in total. The summed E-state index contributed by atoms with van der Waals surface area (Å²) in [6, 6.07) is 0. The summed E-state index contributed by atoms with van der Waals surface area (Å²) in [6.45, 7) is 0.695. The first-order chi connectivity index (χ1) is 8.79. The Bertz CT molecular complexity index is 416. The van der Waals surface area contributed by atoms with Crippen molar-refractivity contribution in [2.24, 2.45) is 23.5 Å². The van der Waals surface area contributed by atoms with Gasteiger partial charge in [0.15, 0.2) is 0 Å². The van der Waals surface area contributed by atoms with Gasteiger partial charge in [0.25, 0.3) is 0 Å². The molecule has 4 bridgehead atoms. The second-order valence-corrected chi connectivity index (χ2v) is 6.92. The van der Waals surface area contributed by atoms with Gasteiger partial charge >= 0.3 is 0 Å². The highest BCUT2D eigenvalue weighted by Gasteiger charge is 2.53. The first kappa shape index (κ1) is 11.0. The second kappa shape index (κ2) is 3.83. The van der Waals surface area contributed by atoms with Crippen LogP contribution in [0.25, 0.3) is 0 Å². The summed E-state index contributed by atoms with van der Waals surface area (Å²) >= 11 is 0. The van der Waals surface area contributed by atoms with Crippen molar-refractivity contribution in [3.05, 3.63) is 17.5 Å². The topological polar surface area (TPSA) is 52.0 Å². The fourth-order valence-electron chi connectivity index (χ4n) is 5.43. The molecular formula is C15H22N2O. The Morgan fingerprint density at radius 1 is 1.17 bits per heavy atom. The minimum Gasteiger partial charge on any atom is -0.364 e. The summed E-state index contributed by atoms with van der Waals surface area (Å²) in [5, 5.41) is 4.39. The van der Waals surface area contributed by atoms with Gasteiger partial charge in [0.05, 0.1) is 5.69 Å². The van der Waals surface area contributed by atoms with Crippen LogP contribution < -0.4 is 5.73 Å². The summed E-state index contributed by atoms with van der Waals surface area (Å²) in [4.78, 5) is 0. The quantitative estimate of drug-likeness (QED) is 0.892. The lowest BCUT2D eigenvalue weighted by Crippen LogP contribution is -2.49. The Morgan fingerprint density at radius 3 is 2.33 bits per heavy atom. The van der Waals surface area contributed by atoms with Gasteiger partial charge in [-0.1, -0.05) is 5.16 Å². The monoisotopic (exact) mass is 246 g/mol. The minimum atomic E-state index is 0.353. The van der Waals surface area contributed by atoms with E-state index in [0.29, 0.717) is 12.0 Å². The molecule has 0 spiro atoms. The number of nitrogens with two attached hydrogens (primary N) is 1. The van der Waals surface area contributed by atoms with Gasteiger partial charge in [-0.3, -0.25) is 0 Å². The van der Waals surface area contributed by atoms with Gasteiger partial charge in [-0.2, -0.15) is 0 Å². The maximum atomic E-state index is 5.71. The van der Waals surface area contributed by atoms with Gasteiger partial charge in [-0.15, -0.1) is 0 Å². The maximum Gasteiger partial charge on any atom is 0.127 e. The second-order valence-electron chi connectivity index (χ2n) is 6.92. The van der Waals surface area contributed by atoms with Crippen LogP contribution in [0.2, 0.25) is 0 Å². The maximum absolute atomic E-state index is 5.71. The van der Waals surface area contributed by atoms with Crippen LogP contribution in [0.4, 0.5) is 0 Å². The molecule has 0 aliphatic heterocycles. The fourth-order valence-corrected chi connectivity index (χ4v) is 5.43. The molecule has 0 aromatic carbocycles. The number of hydrogen-bond donors (Lipinski definition) is 1. The molecule has 0 atom stereocenters. The summed E-state index contributed by atoms with van der Waals surface area (Å²) in [7, 11) is 0. The van der Waals surface area contributed by atoms with Gasteiger partial charge in [0.2, 0.25) is 0 Å². The average molecular weight is 246 g/mol. The van der Waals surface area contributed by atoms with E-state index in [1.807, 2.05) is 6.26 Å². The molecule has 4 aliphatic carbocycles. The molecule has 1 heterocycles. The first-order valence-electron chi connectivity index (χ1n) is 7.43. The van der Waals surface area contributed by atoms with Gasteiger partial charge in [0.1, 0.15) is 6.26 Å². The summed E-state index contributed by atoms with van der Waals surface area (Å²) in [5.41, 5.74) is 8.61. The third kappa shape index (κ3) is 1.49. The van der Waals surface area contributed by atoms with Crippen molar-refractivity contribution < 1.29 is 4.52 Å². The Balaban J connectivity index is 1.72. The molecule has 4 aliphatic rings. The van der Waals surface area contributed by atoms with Crippen molar-refractivity contribution in [2.45, 2.75) is 50.4 Å². The molecule has 0 radical (unpaired) electrons. The Kier molecular flexibility index (Phi) is 2.35. The smallest absolute Gasteiger partial charge is 0.127 e. The zero-order chi connectivity index (χ0) is 12.2. The molecule has 18 heavy (non-hydrogen) atoms. The highest BCUT2D eigenvalue weighted by Crippen LogP contribution is 2.60. The zero-order valence-corrected chi connectivity index (χ0v) is 10.9. The van der Waals surface area contributed by atoms with Crippen LogP contribution in [-0.2, 0) is 11.8 Å². The molecule has 4 saturated carbocycles. The van der Waals surface area contributed by atoms with Crippen LogP contribution in [0.1, 0.15) is 49.8 Å². The molecule has 5 rings (SSSR count). The molecule has 3 nitrogen and oxygen atoms in total. The van der Waals surface area contributed by atoms with E-state index in [1.165, 1.54) is 49.8 Å². The first-order valence-corrected chi connectivity index (χ1v) is 7.43. The van der Waals surface area contributed by atoms with Crippen LogP contribution in [0.15, 0.2) is 10.8 Å². The van der Waals surface area contributed by atoms with E-state index >= 15 is 0 Å². The number of rotatable bonds is 3. The molecule has 0 unspecified atom stereocenters. The van der Waals surface area contributed by atoms with Crippen LogP contribution >= 0.6 is 0 Å². The van der Waals surface area contributed by atoms with Crippen LogP contribution in [-0.4, -0.2) is 11.7 Å². The van der Waals surface area contributed by atoms with E-state index in [4.69, 9.17) is 10.3 Å². The van der Waals surface area contributed by atoms with E-state index in [-0.39, 0.29) is 0 Å². The molecule has 1 aromatic heterocycles. The van der Waals surface area contributed by atoms with Crippen LogP contribution in [0, 0.1) is 17.8 Å². The van der Waals surface area contributed by atoms with Crippen LogP contribution in [0.3, 0.4) is 0 Å². The Hall–Kier alpha value is -0.830. The lowest BCUT2D eigenvalue weighted by atomic mass is 9.48. The largest absolute Gasteiger partial charge is 0.364 e. The number of nitrogens with zero attached hydrogens (tertiary/aromatic N) is 1. The van der Waals surface area contributed by atoms with E-state index in [2.05, 4.69) is 5.16 Å². The number of aromatic nitrogens is 1. The van der Waals surface area contributed by atoms with E-state index in [9.17, 15) is 0 Å². The SMILES string of the molecule is NCCc1conc1C12CC3CC(CC(C3)C1)C2. The Labute approximate surface area is 108 Å². The normalized spacial score (nSPS) is 41.5. The van der Waals surface area contributed by atoms with Crippen molar-refractivity contribution >= 4 is 0 Å². The highest BCUT2D eigenvalue weighted by atomic mass is 16.5. The summed E-state index contributed by atoms with van der Waals surface area (Å²) in [5.74, 6) is 2.87. The molecule has 0 amide bonds. The van der Waals surface area contributed by atoms with Crippen LogP contribution in [0.5, 0.6) is 0 Å². The van der Waals surface area contributed by atoms with Crippen molar-refractivity contribution in [1.29, 1.82) is 0 Å². The van der Waals surface area contributed by atoms with E-state index in [1.54, 1.807) is 0 Å². The third-order valence-electron chi connectivity index (χ3n) is 5.60. The Morgan fingerprint density at radius 2 is 1.78 bits per heavy atom. The lowest BCUT2D eigenvalue weighted by molar-refractivity contribution is -0.00880. The molecule has 98 valence electrons. The van der Waals surface area contributed by atoms with Crippen molar-refractivity contribution in [3.63, 3.8) is 0 Å². The third-order valence-corrected chi connectivity index (χ3v) is 5.60. The summed E-state index contributed by atoms with van der Waals surface area (Å²) < 4.78 is 5.28.